The van der Waals surface area contributed by atoms with Gasteiger partial charge in [0, 0.05) is 10.6 Å². The number of nitrogens with one attached hydrogen (secondary N) is 1. The molecule has 2 aromatic carbocycles. The van der Waals surface area contributed by atoms with Crippen molar-refractivity contribution in [3.63, 3.8) is 0 Å². The van der Waals surface area contributed by atoms with Gasteiger partial charge in [-0.25, -0.2) is 0 Å². The lowest BCUT2D eigenvalue weighted by Gasteiger charge is -2.07. The molecule has 24 heavy (non-hydrogen) atoms. The van der Waals surface area contributed by atoms with Crippen LogP contribution in [0.2, 0.25) is 10.0 Å². The summed E-state index contributed by atoms with van der Waals surface area (Å²) >= 11 is 13.1. The molecule has 3 rings (SSSR count). The molecule has 0 radical (unpaired) electrons. The molecular weight excluding hydrogens is 369 g/mol. The lowest BCUT2D eigenvalue weighted by atomic mass is 10.2. The van der Waals surface area contributed by atoms with Crippen LogP contribution in [0.25, 0.3) is 10.6 Å². The van der Waals surface area contributed by atoms with E-state index in [0.717, 1.165) is 10.6 Å². The van der Waals surface area contributed by atoms with Gasteiger partial charge in [-0.2, -0.15) is 0 Å². The highest BCUT2D eigenvalue weighted by atomic mass is 35.5. The fraction of sp³-hybridized carbons (Fsp3) is 0.0625. The summed E-state index contributed by atoms with van der Waals surface area (Å²) in [5.41, 5.74) is 0.944. The van der Waals surface area contributed by atoms with E-state index >= 15 is 0 Å². The zero-order chi connectivity index (χ0) is 16.9. The van der Waals surface area contributed by atoms with Gasteiger partial charge in [0.2, 0.25) is 5.13 Å². The van der Waals surface area contributed by atoms with E-state index in [-0.39, 0.29) is 12.5 Å². The summed E-state index contributed by atoms with van der Waals surface area (Å²) in [4.78, 5) is 11.9. The molecule has 122 valence electrons. The van der Waals surface area contributed by atoms with E-state index in [1.807, 2.05) is 30.3 Å². The van der Waals surface area contributed by atoms with Crippen molar-refractivity contribution in [1.82, 2.24) is 10.2 Å². The molecular formula is C16H11Cl2N3O2S. The quantitative estimate of drug-likeness (QED) is 0.707. The van der Waals surface area contributed by atoms with Crippen LogP contribution in [-0.2, 0) is 4.79 Å². The van der Waals surface area contributed by atoms with Gasteiger partial charge in [0.05, 0.1) is 5.02 Å². The van der Waals surface area contributed by atoms with Crippen LogP contribution in [0.3, 0.4) is 0 Å². The van der Waals surface area contributed by atoms with Crippen molar-refractivity contribution in [2.45, 2.75) is 0 Å². The number of anilines is 1. The maximum atomic E-state index is 11.9. The van der Waals surface area contributed by atoms with Gasteiger partial charge in [-0.15, -0.1) is 10.2 Å². The molecule has 0 bridgehead atoms. The Labute approximate surface area is 152 Å². The number of benzene rings is 2. The van der Waals surface area contributed by atoms with E-state index in [4.69, 9.17) is 27.9 Å². The van der Waals surface area contributed by atoms with Gasteiger partial charge in [-0.3, -0.25) is 10.1 Å². The Hall–Kier alpha value is -2.15. The van der Waals surface area contributed by atoms with Crippen molar-refractivity contribution in [1.29, 1.82) is 0 Å². The second-order valence-corrected chi connectivity index (χ2v) is 6.51. The van der Waals surface area contributed by atoms with Crippen LogP contribution in [0.5, 0.6) is 5.75 Å². The number of hydrogen-bond donors (Lipinski definition) is 1. The Balaban J connectivity index is 1.58. The Bertz CT molecular complexity index is 856. The van der Waals surface area contributed by atoms with Crippen LogP contribution < -0.4 is 10.1 Å². The lowest BCUT2D eigenvalue weighted by Crippen LogP contribution is -2.20. The van der Waals surface area contributed by atoms with Crippen LogP contribution in [-0.4, -0.2) is 22.7 Å². The number of carbonyl (C=O) groups is 1. The highest BCUT2D eigenvalue weighted by Gasteiger charge is 2.11. The minimum atomic E-state index is -0.350. The molecule has 0 aliphatic carbocycles. The monoisotopic (exact) mass is 379 g/mol. The first-order valence-corrected chi connectivity index (χ1v) is 8.46. The van der Waals surface area contributed by atoms with Crippen LogP contribution >= 0.6 is 34.5 Å². The van der Waals surface area contributed by atoms with Crippen molar-refractivity contribution in [3.8, 4) is 16.3 Å². The van der Waals surface area contributed by atoms with E-state index in [9.17, 15) is 4.79 Å². The van der Waals surface area contributed by atoms with Crippen LogP contribution in [0.4, 0.5) is 5.13 Å². The average molecular weight is 380 g/mol. The standard InChI is InChI=1S/C16H11Cl2N3O2S/c17-11-6-7-13(12(18)8-11)23-9-14(22)19-16-21-20-15(24-16)10-4-2-1-3-5-10/h1-8H,9H2,(H,19,21,22). The van der Waals surface area contributed by atoms with Crippen molar-refractivity contribution < 1.29 is 9.53 Å². The number of rotatable bonds is 5. The third-order valence-electron chi connectivity index (χ3n) is 2.94. The van der Waals surface area contributed by atoms with Gasteiger partial charge < -0.3 is 4.74 Å². The van der Waals surface area contributed by atoms with Gasteiger partial charge in [0.1, 0.15) is 10.8 Å². The lowest BCUT2D eigenvalue weighted by molar-refractivity contribution is -0.118. The molecule has 0 fully saturated rings. The summed E-state index contributed by atoms with van der Waals surface area (Å²) in [5.74, 6) is 0.0373. The predicted octanol–water partition coefficient (Wildman–Crippen LogP) is 4.53. The largest absolute Gasteiger partial charge is 0.482 e. The average Bonchev–Trinajstić information content (AvgIpc) is 3.03. The number of carbonyl (C=O) groups excluding carboxylic acids is 1. The maximum Gasteiger partial charge on any atom is 0.264 e. The topological polar surface area (TPSA) is 64.1 Å². The molecule has 1 aromatic heterocycles. The number of hydrogen-bond acceptors (Lipinski definition) is 5. The number of halogens is 2. The van der Waals surface area contributed by atoms with Gasteiger partial charge in [0.25, 0.3) is 5.91 Å². The summed E-state index contributed by atoms with van der Waals surface area (Å²) in [6.45, 7) is -0.193. The highest BCUT2D eigenvalue weighted by molar-refractivity contribution is 7.18. The molecule has 1 N–H and O–H groups in total. The molecule has 3 aromatic rings. The molecule has 0 aliphatic heterocycles. The first kappa shape index (κ1) is 16.7. The molecule has 0 spiro atoms. The third kappa shape index (κ3) is 4.23. The minimum absolute atomic E-state index is 0.193. The number of nitrogens with zero attached hydrogens (tertiary/aromatic N) is 2. The third-order valence-corrected chi connectivity index (χ3v) is 4.36. The van der Waals surface area contributed by atoms with Crippen molar-refractivity contribution >= 4 is 45.6 Å². The molecule has 1 heterocycles. The Kier molecular flexibility index (Phi) is 5.30. The maximum absolute atomic E-state index is 11.9. The fourth-order valence-electron chi connectivity index (χ4n) is 1.86. The van der Waals surface area contributed by atoms with E-state index in [1.165, 1.54) is 11.3 Å². The summed E-state index contributed by atoms with van der Waals surface area (Å²) < 4.78 is 5.37. The molecule has 0 atom stereocenters. The van der Waals surface area contributed by atoms with Crippen LogP contribution in [0.1, 0.15) is 0 Å². The minimum Gasteiger partial charge on any atom is -0.482 e. The smallest absolute Gasteiger partial charge is 0.264 e. The van der Waals surface area contributed by atoms with Gasteiger partial charge in [-0.05, 0) is 18.2 Å². The molecule has 5 nitrogen and oxygen atoms in total. The van der Waals surface area contributed by atoms with Crippen molar-refractivity contribution in [3.05, 3.63) is 58.6 Å². The number of aromatic nitrogens is 2. The predicted molar refractivity (Wildman–Crippen MR) is 95.9 cm³/mol. The van der Waals surface area contributed by atoms with Crippen LogP contribution in [0.15, 0.2) is 48.5 Å². The van der Waals surface area contributed by atoms with Gasteiger partial charge >= 0.3 is 0 Å². The SMILES string of the molecule is O=C(COc1ccc(Cl)cc1Cl)Nc1nnc(-c2ccccc2)s1. The second kappa shape index (κ2) is 7.61. The summed E-state index contributed by atoms with van der Waals surface area (Å²) in [7, 11) is 0. The van der Waals surface area contributed by atoms with E-state index < -0.39 is 0 Å². The number of amides is 1. The van der Waals surface area contributed by atoms with E-state index in [0.29, 0.717) is 20.9 Å². The Morgan fingerprint density at radius 1 is 1.12 bits per heavy atom. The second-order valence-electron chi connectivity index (χ2n) is 4.69. The first-order valence-electron chi connectivity index (χ1n) is 6.88. The molecule has 0 unspecified atom stereocenters. The van der Waals surface area contributed by atoms with E-state index in [2.05, 4.69) is 15.5 Å². The zero-order valence-electron chi connectivity index (χ0n) is 12.2. The van der Waals surface area contributed by atoms with Gasteiger partial charge in [0.15, 0.2) is 6.61 Å². The summed E-state index contributed by atoms with van der Waals surface area (Å²) in [6.07, 6.45) is 0. The summed E-state index contributed by atoms with van der Waals surface area (Å²) in [5, 5.41) is 12.6. The molecule has 0 saturated carbocycles. The zero-order valence-corrected chi connectivity index (χ0v) is 14.5. The first-order chi connectivity index (χ1) is 11.6. The van der Waals surface area contributed by atoms with E-state index in [1.54, 1.807) is 18.2 Å². The highest BCUT2D eigenvalue weighted by Crippen LogP contribution is 2.28. The normalized spacial score (nSPS) is 10.4. The molecule has 8 heteroatoms. The van der Waals surface area contributed by atoms with Gasteiger partial charge in [-0.1, -0.05) is 64.9 Å². The van der Waals surface area contributed by atoms with Crippen LogP contribution in [0, 0.1) is 0 Å². The Morgan fingerprint density at radius 2 is 1.92 bits per heavy atom. The number of ether oxygens (including phenoxy) is 1. The Morgan fingerprint density at radius 3 is 2.67 bits per heavy atom. The fourth-order valence-corrected chi connectivity index (χ4v) is 3.09. The molecule has 0 saturated heterocycles. The summed E-state index contributed by atoms with van der Waals surface area (Å²) in [6, 6.07) is 14.4. The molecule has 1 amide bonds. The van der Waals surface area contributed by atoms with Crippen molar-refractivity contribution in [2.24, 2.45) is 0 Å². The molecule has 0 aliphatic rings. The van der Waals surface area contributed by atoms with Crippen molar-refractivity contribution in [2.75, 3.05) is 11.9 Å².